The van der Waals surface area contributed by atoms with Gasteiger partial charge in [0.25, 0.3) is 0 Å². The maximum atomic E-state index is 13.1. The smallest absolute Gasteiger partial charge is 0.220 e. The van der Waals surface area contributed by atoms with Gasteiger partial charge in [-0.25, -0.2) is 0 Å². The van der Waals surface area contributed by atoms with Gasteiger partial charge in [-0.2, -0.15) is 0 Å². The van der Waals surface area contributed by atoms with Crippen LogP contribution in [0.1, 0.15) is 184 Å². The molecule has 0 radical (unpaired) electrons. The van der Waals surface area contributed by atoms with E-state index in [1.807, 2.05) is 0 Å². The van der Waals surface area contributed by atoms with E-state index in [1.165, 1.54) is 51.4 Å². The Kier molecular flexibility index (Phi) is 24.3. The predicted octanol–water partition coefficient (Wildman–Crippen LogP) is 4.82. The lowest BCUT2D eigenvalue weighted by molar-refractivity contribution is -0.359. The van der Waals surface area contributed by atoms with Crippen molar-refractivity contribution in [1.29, 1.82) is 0 Å². The van der Waals surface area contributed by atoms with E-state index >= 15 is 0 Å². The van der Waals surface area contributed by atoms with Gasteiger partial charge in [0.05, 0.1) is 32.0 Å². The summed E-state index contributed by atoms with van der Waals surface area (Å²) in [4.78, 5) is 13.1. The molecule has 14 heteroatoms. The van der Waals surface area contributed by atoms with Crippen molar-refractivity contribution in [2.24, 2.45) is 0 Å². The van der Waals surface area contributed by atoms with E-state index in [4.69, 9.17) is 28.5 Å². The van der Waals surface area contributed by atoms with Gasteiger partial charge in [-0.05, 0) is 19.3 Å². The Morgan fingerprint density at radius 3 is 1.80 bits per heavy atom. The Bertz CT molecular complexity index is 1320. The zero-order valence-electron chi connectivity index (χ0n) is 42.6. The third-order valence-corrected chi connectivity index (χ3v) is 11.3. The first-order chi connectivity index (χ1) is 31.2. The largest absolute Gasteiger partial charge is 0.394 e. The molecule has 0 bridgehead atoms. The van der Waals surface area contributed by atoms with Crippen molar-refractivity contribution < 1.29 is 74.2 Å². The Balaban J connectivity index is 1.89. The van der Waals surface area contributed by atoms with Crippen molar-refractivity contribution in [3.05, 3.63) is 12.2 Å². The molecule has 1 amide bonds. The van der Waals surface area contributed by atoms with Crippen LogP contribution in [0.25, 0.3) is 0 Å². The van der Waals surface area contributed by atoms with Crippen LogP contribution in [0.5, 0.6) is 0 Å². The van der Waals surface area contributed by atoms with Crippen LogP contribution >= 0.6 is 0 Å². The van der Waals surface area contributed by atoms with Crippen LogP contribution in [0.4, 0.5) is 0 Å². The molecule has 0 aromatic heterocycles. The van der Waals surface area contributed by atoms with E-state index in [9.17, 15) is 45.6 Å². The fraction of sp³-hybridized carbons (Fsp3) is 0.933. The maximum absolute atomic E-state index is 13.1. The molecule has 14 nitrogen and oxygen atoms in total. The molecule has 0 aromatic carbocycles. The first kappa shape index (κ1) is 43.0. The first-order valence-electron chi connectivity index (χ1n) is 26.1. The lowest BCUT2D eigenvalue weighted by Gasteiger charge is -2.46. The van der Waals surface area contributed by atoms with Crippen LogP contribution in [0.3, 0.4) is 0 Å². The van der Waals surface area contributed by atoms with Crippen molar-refractivity contribution in [1.82, 2.24) is 5.32 Å². The average Bonchev–Trinajstić information content (AvgIpc) is 3.27. The van der Waals surface area contributed by atoms with Crippen LogP contribution in [0, 0.1) is 0 Å². The van der Waals surface area contributed by atoms with Gasteiger partial charge in [0, 0.05) is 16.0 Å². The molecule has 2 rings (SSSR count). The third kappa shape index (κ3) is 21.6. The van der Waals surface area contributed by atoms with E-state index in [1.54, 1.807) is 12.2 Å². The Hall–Kier alpha value is -1.27. The molecular weight excluding hydrogens is 762 g/mol. The first-order valence-corrected chi connectivity index (χ1v) is 22.6. The topological polar surface area (TPSA) is 228 Å². The minimum Gasteiger partial charge on any atom is -0.394 e. The number of hydrogen-bond donors (Lipinski definition) is 9. The second-order valence-electron chi connectivity index (χ2n) is 16.2. The number of carbonyl (C=O) groups is 1. The third-order valence-electron chi connectivity index (χ3n) is 11.3. The van der Waals surface area contributed by atoms with E-state index < -0.39 is 106 Å². The number of rotatable bonds is 35. The molecular formula is C45H85NO13. The number of amides is 1. The molecule has 2 saturated heterocycles. The van der Waals surface area contributed by atoms with E-state index in [-0.39, 0.29) is 25.4 Å². The zero-order valence-corrected chi connectivity index (χ0v) is 35.6. The summed E-state index contributed by atoms with van der Waals surface area (Å²) in [6.07, 6.45) is 1.36. The molecule has 0 spiro atoms. The Morgan fingerprint density at radius 1 is 0.695 bits per heavy atom. The fourth-order valence-corrected chi connectivity index (χ4v) is 7.49. The fourth-order valence-electron chi connectivity index (χ4n) is 7.49. The van der Waals surface area contributed by atoms with Gasteiger partial charge >= 0.3 is 0 Å². The number of unbranched alkanes of at least 4 members (excludes halogenated alkanes) is 19. The number of aliphatic hydroxyl groups is 8. The summed E-state index contributed by atoms with van der Waals surface area (Å²) in [7, 11) is 0. The van der Waals surface area contributed by atoms with Crippen LogP contribution in [-0.4, -0.2) is 140 Å². The molecule has 2 aliphatic rings. The van der Waals surface area contributed by atoms with E-state index in [2.05, 4.69) is 12.2 Å². The monoisotopic (exact) mass is 855 g/mol. The maximum Gasteiger partial charge on any atom is 0.220 e. The molecule has 0 saturated carbocycles. The van der Waals surface area contributed by atoms with Crippen molar-refractivity contribution in [2.45, 2.75) is 248 Å². The lowest BCUT2D eigenvalue weighted by atomic mass is 9.97. The summed E-state index contributed by atoms with van der Waals surface area (Å²) < 4.78 is 75.9. The highest BCUT2D eigenvalue weighted by Gasteiger charge is 2.50. The molecule has 2 fully saturated rings. The molecule has 0 aliphatic carbocycles. The lowest BCUT2D eigenvalue weighted by Crippen LogP contribution is -2.65. The SMILES string of the molecule is [2H]C([2H])([2H])C([2H])([2H])C([2H])([2H])CCCCCCCCCC/C=C/[C@@H](O)[C@H](CO[C@@H]1O[C@H](CO)[C@@H](O[C@@H]2O[C@H](CO)[C@H](O)[C@H](O)[C@H]2O)[C@H](O)[C@H]1O)NC(=O)CCCCCCCCCCCCCC. The number of ether oxygens (including phenoxy) is 4. The van der Waals surface area contributed by atoms with Gasteiger partial charge in [0.2, 0.25) is 5.91 Å². The number of carbonyl (C=O) groups excluding carboxylic acids is 1. The summed E-state index contributed by atoms with van der Waals surface area (Å²) >= 11 is 0. The summed E-state index contributed by atoms with van der Waals surface area (Å²) in [5.74, 6) is -0.301. The van der Waals surface area contributed by atoms with Crippen molar-refractivity contribution in [3.63, 3.8) is 0 Å². The molecule has 348 valence electrons. The second-order valence-corrected chi connectivity index (χ2v) is 16.2. The normalized spacial score (nSPS) is 31.0. The van der Waals surface area contributed by atoms with E-state index in [0.29, 0.717) is 25.7 Å². The predicted molar refractivity (Wildman–Crippen MR) is 226 cm³/mol. The standard InChI is InChI=1S/C45H85NO13/c1-3-5-7-9-11-13-15-17-18-20-22-24-26-28-34(49)33(46-37(50)29-27-25-23-21-19-16-14-12-10-8-6-4-2)32-56-44-42(55)40(53)43(36(31-48)58-44)59-45-41(54)39(52)38(51)35(30-47)57-45/h26,28,33-36,38-45,47-49,51-55H,3-25,27,29-32H2,1-2H3,(H,46,50)/b28-26+/t33-,34+,35+,36+,38-,39-,40+,41+,42+,43+,44+,45-/m0/s1/i1D3,3D2,5D2. The minimum absolute atomic E-state index is 0.163. The molecule has 59 heavy (non-hydrogen) atoms. The highest BCUT2D eigenvalue weighted by atomic mass is 16.7. The second kappa shape index (κ2) is 33.3. The van der Waals surface area contributed by atoms with Crippen LogP contribution in [0.15, 0.2) is 12.2 Å². The molecule has 9 N–H and O–H groups in total. The van der Waals surface area contributed by atoms with Crippen LogP contribution in [0.2, 0.25) is 0 Å². The number of nitrogens with one attached hydrogen (secondary N) is 1. The minimum atomic E-state index is -3.04. The molecule has 0 unspecified atom stereocenters. The Morgan fingerprint density at radius 2 is 1.22 bits per heavy atom. The van der Waals surface area contributed by atoms with Gasteiger partial charge < -0.3 is 65.1 Å². The molecule has 2 aliphatic heterocycles. The molecule has 0 aromatic rings. The molecule has 12 atom stereocenters. The van der Waals surface area contributed by atoms with Gasteiger partial charge in [0.15, 0.2) is 12.6 Å². The average molecular weight is 855 g/mol. The summed E-state index contributed by atoms with van der Waals surface area (Å²) in [6.45, 7) is -2.68. The van der Waals surface area contributed by atoms with Crippen LogP contribution in [-0.2, 0) is 23.7 Å². The van der Waals surface area contributed by atoms with Crippen molar-refractivity contribution >= 4 is 5.91 Å². The van der Waals surface area contributed by atoms with Crippen LogP contribution < -0.4 is 5.32 Å². The van der Waals surface area contributed by atoms with E-state index in [0.717, 1.165) is 57.8 Å². The number of allylic oxidation sites excluding steroid dienone is 1. The van der Waals surface area contributed by atoms with Gasteiger partial charge in [-0.15, -0.1) is 0 Å². The quantitative estimate of drug-likeness (QED) is 0.0308. The highest BCUT2D eigenvalue weighted by Crippen LogP contribution is 2.30. The van der Waals surface area contributed by atoms with Gasteiger partial charge in [-0.1, -0.05) is 161 Å². The summed E-state index contributed by atoms with van der Waals surface area (Å²) in [5.41, 5.74) is 0. The zero-order chi connectivity index (χ0) is 49.3. The number of hydrogen-bond acceptors (Lipinski definition) is 13. The van der Waals surface area contributed by atoms with Crippen molar-refractivity contribution in [3.8, 4) is 0 Å². The van der Waals surface area contributed by atoms with Gasteiger partial charge in [-0.3, -0.25) is 4.79 Å². The highest BCUT2D eigenvalue weighted by molar-refractivity contribution is 5.76. The Labute approximate surface area is 364 Å². The summed E-state index contributed by atoms with van der Waals surface area (Å²) in [6, 6.07) is -0.989. The molecule has 2 heterocycles. The number of aliphatic hydroxyl groups excluding tert-OH is 8. The van der Waals surface area contributed by atoms with Gasteiger partial charge in [0.1, 0.15) is 48.8 Å². The summed E-state index contributed by atoms with van der Waals surface area (Å²) in [5, 5.41) is 86.5. The van der Waals surface area contributed by atoms with Crippen molar-refractivity contribution in [2.75, 3.05) is 19.8 Å².